The Morgan fingerprint density at radius 1 is 1.07 bits per heavy atom. The number of aliphatic hydroxyl groups excluding tert-OH is 1. The summed E-state index contributed by atoms with van der Waals surface area (Å²) in [5.74, 6) is -2.12. The summed E-state index contributed by atoms with van der Waals surface area (Å²) in [6.45, 7) is 7.86. The van der Waals surface area contributed by atoms with Crippen molar-refractivity contribution in [1.82, 2.24) is 15.0 Å². The number of rotatable bonds is 7. The van der Waals surface area contributed by atoms with E-state index in [1.807, 2.05) is 0 Å². The van der Waals surface area contributed by atoms with Crippen LogP contribution >= 0.6 is 0 Å². The molecule has 214 valence electrons. The van der Waals surface area contributed by atoms with Gasteiger partial charge in [0.15, 0.2) is 18.0 Å². The molecule has 2 aliphatic heterocycles. The fourth-order valence-corrected chi connectivity index (χ4v) is 4.59. The zero-order chi connectivity index (χ0) is 29.1. The van der Waals surface area contributed by atoms with E-state index in [1.54, 1.807) is 54.3 Å². The Morgan fingerprint density at radius 3 is 2.44 bits per heavy atom. The lowest BCUT2D eigenvalue weighted by Gasteiger charge is -2.34. The van der Waals surface area contributed by atoms with E-state index in [0.717, 1.165) is 0 Å². The van der Waals surface area contributed by atoms with Crippen molar-refractivity contribution in [2.24, 2.45) is 0 Å². The molecular formula is C28H29N5O8. The number of ether oxygens (including phenoxy) is 2. The molecule has 0 spiro atoms. The van der Waals surface area contributed by atoms with Gasteiger partial charge in [0.1, 0.15) is 0 Å². The van der Waals surface area contributed by atoms with Gasteiger partial charge in [0.2, 0.25) is 0 Å². The molecule has 2 fully saturated rings. The van der Waals surface area contributed by atoms with Crippen LogP contribution in [0.2, 0.25) is 0 Å². The van der Waals surface area contributed by atoms with Crippen LogP contribution in [0.25, 0.3) is 17.0 Å². The van der Waals surface area contributed by atoms with Crippen molar-refractivity contribution in [1.29, 1.82) is 0 Å². The summed E-state index contributed by atoms with van der Waals surface area (Å²) >= 11 is 0. The number of H-pyrrole nitrogens is 1. The first-order valence-corrected chi connectivity index (χ1v) is 13.0. The minimum atomic E-state index is -1.81. The first kappa shape index (κ1) is 28.0. The van der Waals surface area contributed by atoms with Crippen molar-refractivity contribution in [2.75, 3.05) is 49.7 Å². The maximum absolute atomic E-state index is 13.5. The number of aliphatic hydroxyl groups is 1. The minimum Gasteiger partial charge on any atom is -0.380 e. The molecule has 3 amide bonds. The van der Waals surface area contributed by atoms with Gasteiger partial charge in [-0.3, -0.25) is 23.9 Å². The van der Waals surface area contributed by atoms with Crippen molar-refractivity contribution < 1.29 is 33.5 Å². The standard InChI is InChI=1S/C28H29N5O8/c1-16(2)18-13-19(26(36)32-7-10-39-11-8-32)15-21(14-18)33-9-12-40-23(27(33)37)22(34)25(35)29-20-5-3-17(4-6-20)24-30-28(38)41-31-24/h3-6,13-15,22-23,34H,1,7-12H2,2H3,(H,29,35)(H,30,31,38). The molecule has 1 aromatic heterocycles. The molecule has 0 bridgehead atoms. The molecule has 2 aliphatic rings. The number of carbonyl (C=O) groups excluding carboxylic acids is 3. The van der Waals surface area contributed by atoms with Gasteiger partial charge in [-0.1, -0.05) is 17.3 Å². The van der Waals surface area contributed by atoms with Gasteiger partial charge in [-0.2, -0.15) is 0 Å². The molecule has 2 atom stereocenters. The largest absolute Gasteiger partial charge is 0.439 e. The van der Waals surface area contributed by atoms with Crippen LogP contribution in [0, 0.1) is 0 Å². The van der Waals surface area contributed by atoms with Crippen LogP contribution in [0.15, 0.2) is 58.4 Å². The molecule has 13 heteroatoms. The van der Waals surface area contributed by atoms with Gasteiger partial charge in [-0.05, 0) is 55.0 Å². The van der Waals surface area contributed by atoms with E-state index in [-0.39, 0.29) is 24.9 Å². The smallest absolute Gasteiger partial charge is 0.380 e. The molecule has 5 rings (SSSR count). The Labute approximate surface area is 234 Å². The van der Waals surface area contributed by atoms with E-state index in [1.165, 1.54) is 4.90 Å². The summed E-state index contributed by atoms with van der Waals surface area (Å²) in [6.07, 6.45) is -3.27. The second-order valence-electron chi connectivity index (χ2n) is 9.69. The predicted octanol–water partition coefficient (Wildman–Crippen LogP) is 1.27. The fraction of sp³-hybridized carbons (Fsp3) is 0.321. The van der Waals surface area contributed by atoms with Gasteiger partial charge in [0, 0.05) is 42.1 Å². The SMILES string of the molecule is C=C(C)c1cc(C(=O)N2CCOCC2)cc(N2CCOC(C(O)C(=O)Nc3ccc(-c4noc(=O)[nH]4)cc3)C2=O)c1. The van der Waals surface area contributed by atoms with Crippen LogP contribution in [0.3, 0.4) is 0 Å². The maximum atomic E-state index is 13.5. The monoisotopic (exact) mass is 563 g/mol. The number of nitrogens with one attached hydrogen (secondary N) is 2. The number of allylic oxidation sites excluding steroid dienone is 1. The second-order valence-corrected chi connectivity index (χ2v) is 9.69. The maximum Gasteiger partial charge on any atom is 0.439 e. The lowest BCUT2D eigenvalue weighted by atomic mass is 10.0. The third kappa shape index (κ3) is 6.11. The molecule has 13 nitrogen and oxygen atoms in total. The Morgan fingerprint density at radius 2 is 1.78 bits per heavy atom. The summed E-state index contributed by atoms with van der Waals surface area (Å²) in [6, 6.07) is 11.4. The zero-order valence-electron chi connectivity index (χ0n) is 22.3. The lowest BCUT2D eigenvalue weighted by Crippen LogP contribution is -2.55. The van der Waals surface area contributed by atoms with Crippen molar-refractivity contribution in [3.05, 3.63) is 70.7 Å². The summed E-state index contributed by atoms with van der Waals surface area (Å²) in [5.41, 5.74) is 3.11. The first-order valence-electron chi connectivity index (χ1n) is 13.0. The van der Waals surface area contributed by atoms with Crippen molar-refractivity contribution in [3.8, 4) is 11.4 Å². The van der Waals surface area contributed by atoms with Gasteiger partial charge in [0.25, 0.3) is 17.7 Å². The number of hydrogen-bond acceptors (Lipinski definition) is 9. The van der Waals surface area contributed by atoms with Gasteiger partial charge in [0.05, 0.1) is 19.8 Å². The molecule has 41 heavy (non-hydrogen) atoms. The Hall–Kier alpha value is -4.59. The minimum absolute atomic E-state index is 0.0649. The summed E-state index contributed by atoms with van der Waals surface area (Å²) in [4.78, 5) is 56.2. The normalized spacial score (nSPS) is 18.2. The number of amides is 3. The lowest BCUT2D eigenvalue weighted by molar-refractivity contribution is -0.150. The number of anilines is 2. The molecule has 0 radical (unpaired) electrons. The number of aromatic amines is 1. The summed E-state index contributed by atoms with van der Waals surface area (Å²) in [7, 11) is 0. The van der Waals surface area contributed by atoms with Gasteiger partial charge >= 0.3 is 5.76 Å². The summed E-state index contributed by atoms with van der Waals surface area (Å²) in [5, 5.41) is 17.0. The van der Waals surface area contributed by atoms with Crippen LogP contribution in [-0.2, 0) is 19.1 Å². The molecule has 0 aliphatic carbocycles. The highest BCUT2D eigenvalue weighted by Crippen LogP contribution is 2.27. The predicted molar refractivity (Wildman–Crippen MR) is 147 cm³/mol. The molecule has 0 saturated carbocycles. The third-order valence-electron chi connectivity index (χ3n) is 6.81. The highest BCUT2D eigenvalue weighted by Gasteiger charge is 2.39. The van der Waals surface area contributed by atoms with Gasteiger partial charge < -0.3 is 29.7 Å². The Balaban J connectivity index is 1.31. The van der Waals surface area contributed by atoms with Crippen LogP contribution in [0.1, 0.15) is 22.8 Å². The highest BCUT2D eigenvalue weighted by atomic mass is 16.5. The van der Waals surface area contributed by atoms with Crippen LogP contribution in [-0.4, -0.2) is 89.5 Å². The first-order chi connectivity index (χ1) is 19.7. The third-order valence-corrected chi connectivity index (χ3v) is 6.81. The van der Waals surface area contributed by atoms with E-state index in [4.69, 9.17) is 9.47 Å². The number of carbonyl (C=O) groups is 3. The Kier molecular flexibility index (Phi) is 8.10. The molecule has 2 aromatic carbocycles. The van der Waals surface area contributed by atoms with Crippen molar-refractivity contribution >= 4 is 34.7 Å². The number of aromatic nitrogens is 2. The number of morpholine rings is 2. The van der Waals surface area contributed by atoms with E-state index in [0.29, 0.717) is 59.9 Å². The van der Waals surface area contributed by atoms with Crippen LogP contribution in [0.4, 0.5) is 11.4 Å². The van der Waals surface area contributed by atoms with Gasteiger partial charge in [-0.15, -0.1) is 0 Å². The van der Waals surface area contributed by atoms with Crippen molar-refractivity contribution in [2.45, 2.75) is 19.1 Å². The van der Waals surface area contributed by atoms with Crippen LogP contribution in [0.5, 0.6) is 0 Å². The second kappa shape index (κ2) is 11.9. The fourth-order valence-electron chi connectivity index (χ4n) is 4.59. The Bertz CT molecular complexity index is 1520. The van der Waals surface area contributed by atoms with E-state index in [2.05, 4.69) is 26.6 Å². The van der Waals surface area contributed by atoms with Crippen LogP contribution < -0.4 is 16.0 Å². The molecular weight excluding hydrogens is 534 g/mol. The topological polar surface area (TPSA) is 167 Å². The molecule has 3 heterocycles. The quantitative estimate of drug-likeness (QED) is 0.383. The van der Waals surface area contributed by atoms with Crippen molar-refractivity contribution in [3.63, 3.8) is 0 Å². The molecule has 2 saturated heterocycles. The zero-order valence-corrected chi connectivity index (χ0v) is 22.3. The summed E-state index contributed by atoms with van der Waals surface area (Å²) < 4.78 is 15.4. The van der Waals surface area contributed by atoms with E-state index in [9.17, 15) is 24.3 Å². The highest BCUT2D eigenvalue weighted by molar-refractivity contribution is 6.05. The van der Waals surface area contributed by atoms with E-state index >= 15 is 0 Å². The average Bonchev–Trinajstić information content (AvgIpc) is 3.43. The molecule has 3 N–H and O–H groups in total. The number of nitrogens with zero attached hydrogens (tertiary/aromatic N) is 3. The van der Waals surface area contributed by atoms with Gasteiger partial charge in [-0.25, -0.2) is 4.79 Å². The average molecular weight is 564 g/mol. The number of benzene rings is 2. The van der Waals surface area contributed by atoms with E-state index < -0.39 is 29.8 Å². The number of hydrogen-bond donors (Lipinski definition) is 3. The molecule has 2 unspecified atom stereocenters. The molecule has 3 aromatic rings.